The van der Waals surface area contributed by atoms with Gasteiger partial charge < -0.3 is 0 Å². The fourth-order valence-electron chi connectivity index (χ4n) is 4.33. The molecule has 0 amide bonds. The van der Waals surface area contributed by atoms with Gasteiger partial charge in [0, 0.05) is 5.41 Å². The Balaban J connectivity index is 2.43. The van der Waals surface area contributed by atoms with Gasteiger partial charge >= 0.3 is 0 Å². The van der Waals surface area contributed by atoms with Crippen molar-refractivity contribution < 1.29 is 9.78 Å². The average Bonchev–Trinajstić information content (AvgIpc) is 2.60. The Morgan fingerprint density at radius 2 is 1.70 bits per heavy atom. The Kier molecular flexibility index (Phi) is 4.12. The molecule has 2 heteroatoms. The van der Waals surface area contributed by atoms with Crippen molar-refractivity contribution in [1.82, 2.24) is 0 Å². The highest BCUT2D eigenvalue weighted by Crippen LogP contribution is 2.58. The summed E-state index contributed by atoms with van der Waals surface area (Å²) < 4.78 is 0. The van der Waals surface area contributed by atoms with E-state index in [4.69, 9.17) is 9.78 Å². The molecule has 1 saturated carbocycles. The first-order valence-corrected chi connectivity index (χ1v) is 8.17. The number of hydrogen-bond donors (Lipinski definition) is 0. The average molecular weight is 280 g/mol. The third-order valence-electron chi connectivity index (χ3n) is 6.39. The Bertz CT molecular complexity index is 387. The Morgan fingerprint density at radius 1 is 1.05 bits per heavy atom. The van der Waals surface area contributed by atoms with Crippen molar-refractivity contribution in [2.24, 2.45) is 23.2 Å². The number of fused-ring (bicyclic) bond motifs is 2. The zero-order valence-corrected chi connectivity index (χ0v) is 14.3. The molecule has 0 aromatic carbocycles. The lowest BCUT2D eigenvalue weighted by Gasteiger charge is -2.42. The van der Waals surface area contributed by atoms with Gasteiger partial charge in [0.05, 0.1) is 0 Å². The number of hydrogen-bond acceptors (Lipinski definition) is 2. The van der Waals surface area contributed by atoms with Crippen LogP contribution in [0.25, 0.3) is 0 Å². The molecule has 0 aromatic heterocycles. The van der Waals surface area contributed by atoms with Gasteiger partial charge in [-0.3, -0.25) is 0 Å². The van der Waals surface area contributed by atoms with E-state index in [-0.39, 0.29) is 16.6 Å². The normalized spacial score (nSPS) is 48.9. The first-order chi connectivity index (χ1) is 9.16. The molecule has 2 rings (SSSR count). The molecular weight excluding hydrogens is 248 g/mol. The van der Waals surface area contributed by atoms with Crippen molar-refractivity contribution in [3.8, 4) is 0 Å². The minimum absolute atomic E-state index is 0.0569. The van der Waals surface area contributed by atoms with Crippen molar-refractivity contribution in [2.45, 2.75) is 78.9 Å². The molecular formula is C18H32O2. The van der Waals surface area contributed by atoms with Gasteiger partial charge in [-0.25, -0.2) is 9.78 Å². The van der Waals surface area contributed by atoms with Crippen LogP contribution in [0, 0.1) is 23.2 Å². The van der Waals surface area contributed by atoms with Crippen molar-refractivity contribution in [3.63, 3.8) is 0 Å². The summed E-state index contributed by atoms with van der Waals surface area (Å²) in [7, 11) is 0. The minimum atomic E-state index is -0.224. The molecule has 0 radical (unpaired) electrons. The van der Waals surface area contributed by atoms with Crippen LogP contribution in [0.2, 0.25) is 0 Å². The van der Waals surface area contributed by atoms with Gasteiger partial charge in [0.2, 0.25) is 0 Å². The molecule has 2 fully saturated rings. The summed E-state index contributed by atoms with van der Waals surface area (Å²) in [4.78, 5) is 12.0. The zero-order valence-electron chi connectivity index (χ0n) is 14.3. The summed E-state index contributed by atoms with van der Waals surface area (Å²) in [6.07, 6.45) is 8.04. The van der Waals surface area contributed by atoms with Crippen LogP contribution in [-0.2, 0) is 9.78 Å². The Labute approximate surface area is 124 Å². The predicted octanol–water partition coefficient (Wildman–Crippen LogP) is 5.14. The van der Waals surface area contributed by atoms with Gasteiger partial charge in [-0.1, -0.05) is 32.9 Å². The molecule has 5 atom stereocenters. The van der Waals surface area contributed by atoms with E-state index in [2.05, 4.69) is 60.6 Å². The minimum Gasteiger partial charge on any atom is -0.230 e. The summed E-state index contributed by atoms with van der Waals surface area (Å²) in [5, 5.41) is 0. The Hall–Kier alpha value is -0.340. The van der Waals surface area contributed by atoms with Crippen LogP contribution in [-0.4, -0.2) is 11.2 Å². The highest BCUT2D eigenvalue weighted by atomic mass is 17.2. The molecule has 5 unspecified atom stereocenters. The summed E-state index contributed by atoms with van der Waals surface area (Å²) in [5.74, 6) is 1.86. The van der Waals surface area contributed by atoms with Crippen molar-refractivity contribution in [1.29, 1.82) is 0 Å². The van der Waals surface area contributed by atoms with Crippen LogP contribution >= 0.6 is 0 Å². The lowest BCUT2D eigenvalue weighted by molar-refractivity contribution is -0.422. The summed E-state index contributed by atoms with van der Waals surface area (Å²) in [5.41, 5.74) is -0.389. The molecule has 1 aliphatic heterocycles. The molecule has 20 heavy (non-hydrogen) atoms. The summed E-state index contributed by atoms with van der Waals surface area (Å²) in [6.45, 7) is 15.7. The molecule has 1 aliphatic carbocycles. The molecule has 0 spiro atoms. The maximum absolute atomic E-state index is 6.09. The molecule has 0 N–H and O–H groups in total. The van der Waals surface area contributed by atoms with Crippen molar-refractivity contribution in [3.05, 3.63) is 12.2 Å². The fourth-order valence-corrected chi connectivity index (χ4v) is 4.33. The summed E-state index contributed by atoms with van der Waals surface area (Å²) in [6, 6.07) is 0. The molecule has 1 heterocycles. The van der Waals surface area contributed by atoms with E-state index in [1.165, 1.54) is 12.8 Å². The van der Waals surface area contributed by atoms with Crippen LogP contribution < -0.4 is 0 Å². The second-order valence-corrected chi connectivity index (χ2v) is 8.04. The second-order valence-electron chi connectivity index (χ2n) is 8.04. The number of rotatable bonds is 1. The van der Waals surface area contributed by atoms with E-state index in [1.54, 1.807) is 0 Å². The fraction of sp³-hybridized carbons (Fsp3) is 0.889. The van der Waals surface area contributed by atoms with Gasteiger partial charge in [-0.2, -0.15) is 0 Å². The third kappa shape index (κ3) is 2.35. The third-order valence-corrected chi connectivity index (χ3v) is 6.39. The first kappa shape index (κ1) is 16.0. The molecule has 0 aromatic rings. The summed E-state index contributed by atoms with van der Waals surface area (Å²) >= 11 is 0. The van der Waals surface area contributed by atoms with E-state index < -0.39 is 0 Å². The zero-order chi connectivity index (χ0) is 15.2. The van der Waals surface area contributed by atoms with Crippen LogP contribution in [0.5, 0.6) is 0 Å². The number of allylic oxidation sites excluding steroid dienone is 1. The van der Waals surface area contributed by atoms with Crippen LogP contribution in [0.4, 0.5) is 0 Å². The maximum Gasteiger partial charge on any atom is 0.110 e. The lowest BCUT2D eigenvalue weighted by Crippen LogP contribution is -2.45. The molecule has 116 valence electrons. The maximum atomic E-state index is 6.09. The standard InChI is InChI=1S/C18H32O2/c1-8-10-17(6)15-9-11-18(17,7)20-19-16(4,5)14(3)12-13(15)2/h8,10,13-15H,9,11-12H2,1-7H3. The molecule has 1 saturated heterocycles. The van der Waals surface area contributed by atoms with Gasteiger partial charge in [0.25, 0.3) is 0 Å². The smallest absolute Gasteiger partial charge is 0.110 e. The van der Waals surface area contributed by atoms with Gasteiger partial charge in [0.15, 0.2) is 0 Å². The van der Waals surface area contributed by atoms with Gasteiger partial charge in [-0.15, -0.1) is 0 Å². The highest BCUT2D eigenvalue weighted by Gasteiger charge is 2.58. The SMILES string of the molecule is CC=CC1(C)C2CCC1(C)OOC(C)(C)C(C)CC2C. The monoisotopic (exact) mass is 280 g/mol. The molecule has 2 aliphatic rings. The van der Waals surface area contributed by atoms with E-state index in [0.29, 0.717) is 17.8 Å². The second kappa shape index (κ2) is 5.14. The predicted molar refractivity (Wildman–Crippen MR) is 83.2 cm³/mol. The largest absolute Gasteiger partial charge is 0.230 e. The van der Waals surface area contributed by atoms with Crippen molar-refractivity contribution in [2.75, 3.05) is 0 Å². The van der Waals surface area contributed by atoms with E-state index in [9.17, 15) is 0 Å². The van der Waals surface area contributed by atoms with Crippen LogP contribution in [0.1, 0.15) is 67.7 Å². The van der Waals surface area contributed by atoms with Gasteiger partial charge in [-0.05, 0) is 64.7 Å². The highest BCUT2D eigenvalue weighted by molar-refractivity contribution is 5.15. The van der Waals surface area contributed by atoms with E-state index >= 15 is 0 Å². The Morgan fingerprint density at radius 3 is 2.30 bits per heavy atom. The van der Waals surface area contributed by atoms with Gasteiger partial charge in [0.1, 0.15) is 11.2 Å². The molecule has 2 nitrogen and oxygen atoms in total. The van der Waals surface area contributed by atoms with E-state index in [1.807, 2.05) is 0 Å². The lowest BCUT2D eigenvalue weighted by atomic mass is 9.65. The van der Waals surface area contributed by atoms with E-state index in [0.717, 1.165) is 6.42 Å². The topological polar surface area (TPSA) is 18.5 Å². The van der Waals surface area contributed by atoms with Crippen LogP contribution in [0.3, 0.4) is 0 Å². The quantitative estimate of drug-likeness (QED) is 0.489. The first-order valence-electron chi connectivity index (χ1n) is 8.17. The van der Waals surface area contributed by atoms with Crippen LogP contribution in [0.15, 0.2) is 12.2 Å². The van der Waals surface area contributed by atoms with Crippen molar-refractivity contribution >= 4 is 0 Å². The molecule has 2 bridgehead atoms.